The van der Waals surface area contributed by atoms with Crippen LogP contribution in [0.1, 0.15) is 37.7 Å². The first-order chi connectivity index (χ1) is 8.76. The van der Waals surface area contributed by atoms with Gasteiger partial charge in [-0.1, -0.05) is 0 Å². The summed E-state index contributed by atoms with van der Waals surface area (Å²) in [5.41, 5.74) is 0. The average Bonchev–Trinajstić information content (AvgIpc) is 2.77. The molecular weight excluding hydrogens is 234 g/mol. The summed E-state index contributed by atoms with van der Waals surface area (Å²) in [7, 11) is 3.44. The van der Waals surface area contributed by atoms with E-state index in [-0.39, 0.29) is 6.04 Å². The second-order valence-electron chi connectivity index (χ2n) is 4.63. The molecule has 1 fully saturated rings. The molecule has 0 aliphatic heterocycles. The lowest BCUT2D eigenvalue weighted by Crippen LogP contribution is -2.35. The van der Waals surface area contributed by atoms with Crippen LogP contribution in [0.15, 0.2) is 0 Å². The Hall–Kier alpha value is -1.05. The van der Waals surface area contributed by atoms with Crippen molar-refractivity contribution in [3.8, 4) is 0 Å². The molecule has 0 bridgehead atoms. The molecule has 1 saturated carbocycles. The molecule has 1 N–H and O–H groups in total. The van der Waals surface area contributed by atoms with Gasteiger partial charge in [0.15, 0.2) is 5.82 Å². The van der Waals surface area contributed by atoms with Gasteiger partial charge in [-0.3, -0.25) is 0 Å². The monoisotopic (exact) mass is 255 g/mol. The smallest absolute Gasteiger partial charge is 0.168 e. The maximum atomic E-state index is 5.28. The zero-order valence-electron chi connectivity index (χ0n) is 11.2. The molecule has 0 amide bonds. The third kappa shape index (κ3) is 2.85. The highest BCUT2D eigenvalue weighted by molar-refractivity contribution is 4.96. The fraction of sp³-hybridized carbons (Fsp3) is 0.909. The first-order valence-corrected chi connectivity index (χ1v) is 6.29. The third-order valence-electron chi connectivity index (χ3n) is 3.41. The van der Waals surface area contributed by atoms with Crippen molar-refractivity contribution < 1.29 is 9.47 Å². The molecule has 1 aliphatic carbocycles. The van der Waals surface area contributed by atoms with E-state index in [0.29, 0.717) is 18.8 Å². The fourth-order valence-electron chi connectivity index (χ4n) is 2.14. The number of ether oxygens (including phenoxy) is 2. The highest BCUT2D eigenvalue weighted by Gasteiger charge is 2.33. The Labute approximate surface area is 107 Å². The predicted octanol–water partition coefficient (Wildman–Crippen LogP) is 0.320. The quantitative estimate of drug-likeness (QED) is 0.707. The molecule has 0 saturated heterocycles. The number of tetrazole rings is 1. The number of rotatable bonds is 7. The van der Waals surface area contributed by atoms with E-state index in [1.165, 1.54) is 0 Å². The summed E-state index contributed by atoms with van der Waals surface area (Å²) in [6.45, 7) is 3.53. The number of methoxy groups -OCH3 is 2. The van der Waals surface area contributed by atoms with E-state index in [9.17, 15) is 0 Å². The Kier molecular flexibility index (Phi) is 4.62. The van der Waals surface area contributed by atoms with Gasteiger partial charge >= 0.3 is 0 Å². The van der Waals surface area contributed by atoms with Gasteiger partial charge < -0.3 is 14.8 Å². The van der Waals surface area contributed by atoms with E-state index < -0.39 is 0 Å². The Morgan fingerprint density at radius 1 is 1.44 bits per heavy atom. The highest BCUT2D eigenvalue weighted by Crippen LogP contribution is 2.34. The minimum atomic E-state index is 0.122. The number of nitrogens with zero attached hydrogens (tertiary/aromatic N) is 4. The van der Waals surface area contributed by atoms with Crippen LogP contribution in [0.2, 0.25) is 0 Å². The lowest BCUT2D eigenvalue weighted by Gasteiger charge is -2.34. The second-order valence-corrected chi connectivity index (χ2v) is 4.63. The van der Waals surface area contributed by atoms with Crippen LogP contribution in [0.25, 0.3) is 0 Å². The number of aromatic nitrogens is 4. The molecule has 102 valence electrons. The van der Waals surface area contributed by atoms with E-state index in [4.69, 9.17) is 9.47 Å². The van der Waals surface area contributed by atoms with Gasteiger partial charge in [0.2, 0.25) is 0 Å². The van der Waals surface area contributed by atoms with E-state index in [1.54, 1.807) is 14.2 Å². The van der Waals surface area contributed by atoms with Crippen molar-refractivity contribution in [3.05, 3.63) is 5.82 Å². The Morgan fingerprint density at radius 2 is 2.22 bits per heavy atom. The topological polar surface area (TPSA) is 74.1 Å². The SMILES string of the molecule is COCCNC(C)c1nnnn1C1CC(OC)C1. The summed E-state index contributed by atoms with van der Waals surface area (Å²) in [6.07, 6.45) is 2.32. The van der Waals surface area contributed by atoms with Crippen molar-refractivity contribution in [3.63, 3.8) is 0 Å². The van der Waals surface area contributed by atoms with Crippen LogP contribution in [0, 0.1) is 0 Å². The van der Waals surface area contributed by atoms with Gasteiger partial charge in [0.25, 0.3) is 0 Å². The van der Waals surface area contributed by atoms with Gasteiger partial charge in [-0.25, -0.2) is 4.68 Å². The molecule has 1 unspecified atom stereocenters. The van der Waals surface area contributed by atoms with Crippen LogP contribution in [0.5, 0.6) is 0 Å². The second kappa shape index (κ2) is 6.21. The van der Waals surface area contributed by atoms with Crippen LogP contribution in [0.4, 0.5) is 0 Å². The summed E-state index contributed by atoms with van der Waals surface area (Å²) < 4.78 is 12.2. The van der Waals surface area contributed by atoms with E-state index in [1.807, 2.05) is 4.68 Å². The van der Waals surface area contributed by atoms with Gasteiger partial charge in [-0.05, 0) is 30.2 Å². The molecular formula is C11H21N5O2. The number of hydrogen-bond donors (Lipinski definition) is 1. The molecule has 1 aliphatic rings. The molecule has 1 aromatic rings. The number of hydrogen-bond acceptors (Lipinski definition) is 6. The Bertz CT molecular complexity index is 364. The van der Waals surface area contributed by atoms with Gasteiger partial charge in [0, 0.05) is 20.8 Å². The summed E-state index contributed by atoms with van der Waals surface area (Å²) >= 11 is 0. The number of nitrogens with one attached hydrogen (secondary N) is 1. The summed E-state index contributed by atoms with van der Waals surface area (Å²) in [5.74, 6) is 0.880. The predicted molar refractivity (Wildman–Crippen MR) is 65.2 cm³/mol. The lowest BCUT2D eigenvalue weighted by atomic mass is 9.89. The molecule has 0 spiro atoms. The molecule has 0 aromatic carbocycles. The van der Waals surface area contributed by atoms with Gasteiger partial charge in [-0.15, -0.1) is 5.10 Å². The minimum Gasteiger partial charge on any atom is -0.383 e. The van der Waals surface area contributed by atoms with E-state index in [2.05, 4.69) is 27.8 Å². The molecule has 0 radical (unpaired) electrons. The zero-order chi connectivity index (χ0) is 13.0. The molecule has 1 atom stereocenters. The van der Waals surface area contributed by atoms with Crippen LogP contribution in [0.3, 0.4) is 0 Å². The largest absolute Gasteiger partial charge is 0.383 e. The van der Waals surface area contributed by atoms with Crippen LogP contribution in [-0.2, 0) is 9.47 Å². The fourth-order valence-corrected chi connectivity index (χ4v) is 2.14. The van der Waals surface area contributed by atoms with E-state index >= 15 is 0 Å². The first-order valence-electron chi connectivity index (χ1n) is 6.29. The molecule has 18 heavy (non-hydrogen) atoms. The van der Waals surface area contributed by atoms with Crippen molar-refractivity contribution >= 4 is 0 Å². The maximum absolute atomic E-state index is 5.28. The zero-order valence-corrected chi connectivity index (χ0v) is 11.2. The van der Waals surface area contributed by atoms with Gasteiger partial charge in [-0.2, -0.15) is 0 Å². The molecule has 1 aromatic heterocycles. The van der Waals surface area contributed by atoms with E-state index in [0.717, 1.165) is 25.2 Å². The van der Waals surface area contributed by atoms with Crippen LogP contribution >= 0.6 is 0 Å². The minimum absolute atomic E-state index is 0.122. The van der Waals surface area contributed by atoms with Gasteiger partial charge in [0.1, 0.15) is 0 Å². The standard InChI is InChI=1S/C11H21N5O2/c1-8(12-4-5-17-2)11-13-14-15-16(11)9-6-10(7-9)18-3/h8-10,12H,4-7H2,1-3H3. The highest BCUT2D eigenvalue weighted by atomic mass is 16.5. The van der Waals surface area contributed by atoms with Crippen molar-refractivity contribution in [2.24, 2.45) is 0 Å². The summed E-state index contributed by atoms with van der Waals surface area (Å²) in [4.78, 5) is 0. The third-order valence-corrected chi connectivity index (χ3v) is 3.41. The maximum Gasteiger partial charge on any atom is 0.168 e. The molecule has 7 heteroatoms. The van der Waals surface area contributed by atoms with Crippen LogP contribution < -0.4 is 5.32 Å². The van der Waals surface area contributed by atoms with Crippen LogP contribution in [-0.4, -0.2) is 53.7 Å². The first kappa shape index (κ1) is 13.4. The van der Waals surface area contributed by atoms with Crippen molar-refractivity contribution in [2.75, 3.05) is 27.4 Å². The Morgan fingerprint density at radius 3 is 2.89 bits per heavy atom. The normalized spacial score (nSPS) is 24.8. The molecule has 1 heterocycles. The van der Waals surface area contributed by atoms with Crippen molar-refractivity contribution in [1.29, 1.82) is 0 Å². The average molecular weight is 255 g/mol. The van der Waals surface area contributed by atoms with Crippen molar-refractivity contribution in [1.82, 2.24) is 25.5 Å². The molecule has 2 rings (SSSR count). The lowest BCUT2D eigenvalue weighted by molar-refractivity contribution is 0.000602. The van der Waals surface area contributed by atoms with Gasteiger partial charge in [0.05, 0.1) is 24.8 Å². The molecule has 7 nitrogen and oxygen atoms in total. The summed E-state index contributed by atoms with van der Waals surface area (Å²) in [6, 6.07) is 0.489. The summed E-state index contributed by atoms with van der Waals surface area (Å²) in [5, 5.41) is 15.3. The Balaban J connectivity index is 1.91. The van der Waals surface area contributed by atoms with Crippen molar-refractivity contribution in [2.45, 2.75) is 38.0 Å².